The maximum atomic E-state index is 13.3. The number of hydrogen-bond acceptors (Lipinski definition) is 6. The summed E-state index contributed by atoms with van der Waals surface area (Å²) in [5, 5.41) is 11.4. The third-order valence-electron chi connectivity index (χ3n) is 6.33. The van der Waals surface area contributed by atoms with Gasteiger partial charge in [0.25, 0.3) is 11.7 Å². The molecule has 4 rings (SSSR count). The van der Waals surface area contributed by atoms with Crippen LogP contribution in [0, 0.1) is 13.8 Å². The molecule has 0 radical (unpaired) electrons. The number of fused-ring (bicyclic) bond motifs is 1. The van der Waals surface area contributed by atoms with Crippen LogP contribution in [0.25, 0.3) is 11.4 Å². The Morgan fingerprint density at radius 1 is 1.14 bits per heavy atom. The van der Waals surface area contributed by atoms with Crippen molar-refractivity contribution in [2.24, 2.45) is 0 Å². The van der Waals surface area contributed by atoms with E-state index in [1.165, 1.54) is 12.0 Å². The Morgan fingerprint density at radius 2 is 1.94 bits per heavy atom. The van der Waals surface area contributed by atoms with Gasteiger partial charge in [0.05, 0.1) is 30.5 Å². The Labute approximate surface area is 204 Å². The summed E-state index contributed by atoms with van der Waals surface area (Å²) in [6, 6.07) is 10.4. The normalized spacial score (nSPS) is 17.5. The Hall–Kier alpha value is -3.65. The summed E-state index contributed by atoms with van der Waals surface area (Å²) >= 11 is 0. The molecule has 35 heavy (non-hydrogen) atoms. The van der Waals surface area contributed by atoms with Gasteiger partial charge in [-0.3, -0.25) is 9.59 Å². The Morgan fingerprint density at radius 3 is 2.66 bits per heavy atom. The molecule has 184 valence electrons. The topological polar surface area (TPSA) is 93.4 Å². The van der Waals surface area contributed by atoms with Gasteiger partial charge in [0.15, 0.2) is 5.76 Å². The van der Waals surface area contributed by atoms with Crippen LogP contribution in [-0.2, 0) is 14.3 Å². The number of hydrogen-bond donors (Lipinski definition) is 1. The van der Waals surface area contributed by atoms with E-state index in [1.807, 2.05) is 60.8 Å². The fourth-order valence-electron chi connectivity index (χ4n) is 4.43. The van der Waals surface area contributed by atoms with Gasteiger partial charge < -0.3 is 23.9 Å². The lowest BCUT2D eigenvalue weighted by molar-refractivity contribution is -0.140. The molecule has 0 aliphatic carbocycles. The number of ether oxygens (including phenoxy) is 2. The van der Waals surface area contributed by atoms with E-state index >= 15 is 0 Å². The molecule has 1 aromatic carbocycles. The second-order valence-corrected chi connectivity index (χ2v) is 8.69. The number of carbonyl (C=O) groups is 2. The highest BCUT2D eigenvalue weighted by Crippen LogP contribution is 2.40. The highest BCUT2D eigenvalue weighted by Gasteiger charge is 2.46. The molecule has 3 aromatic rings. The molecule has 8 heteroatoms. The molecule has 1 aliphatic heterocycles. The van der Waals surface area contributed by atoms with E-state index in [4.69, 9.17) is 9.47 Å². The second-order valence-electron chi connectivity index (χ2n) is 8.69. The highest BCUT2D eigenvalue weighted by atomic mass is 16.5. The molecule has 1 atom stereocenters. The summed E-state index contributed by atoms with van der Waals surface area (Å²) in [7, 11) is 1.54. The van der Waals surface area contributed by atoms with Crippen LogP contribution < -0.4 is 4.74 Å². The van der Waals surface area contributed by atoms with Crippen molar-refractivity contribution in [3.05, 3.63) is 70.7 Å². The molecule has 1 aliphatic rings. The van der Waals surface area contributed by atoms with Gasteiger partial charge in [0.1, 0.15) is 17.1 Å². The van der Waals surface area contributed by atoms with Crippen molar-refractivity contribution in [3.8, 4) is 5.75 Å². The van der Waals surface area contributed by atoms with Gasteiger partial charge in [-0.2, -0.15) is 0 Å². The molecule has 3 heterocycles. The van der Waals surface area contributed by atoms with E-state index in [9.17, 15) is 14.7 Å². The maximum Gasteiger partial charge on any atom is 0.295 e. The number of likely N-dealkylation sites (tertiary alicyclic amines) is 1. The van der Waals surface area contributed by atoms with Gasteiger partial charge in [0.2, 0.25) is 0 Å². The lowest BCUT2D eigenvalue weighted by Gasteiger charge is -2.25. The number of nitrogens with zero attached hydrogens (tertiary/aromatic N) is 3. The minimum Gasteiger partial charge on any atom is -0.505 e. The van der Waals surface area contributed by atoms with E-state index in [2.05, 4.69) is 11.9 Å². The van der Waals surface area contributed by atoms with Gasteiger partial charge in [-0.25, -0.2) is 4.98 Å². The number of imidazole rings is 1. The van der Waals surface area contributed by atoms with Crippen LogP contribution in [-0.4, -0.2) is 57.9 Å². The zero-order chi connectivity index (χ0) is 25.1. The first-order chi connectivity index (χ1) is 16.9. The van der Waals surface area contributed by atoms with Crippen LogP contribution in [0.3, 0.4) is 0 Å². The minimum absolute atomic E-state index is 0.0148. The second kappa shape index (κ2) is 10.3. The van der Waals surface area contributed by atoms with E-state index < -0.39 is 17.7 Å². The monoisotopic (exact) mass is 477 g/mol. The van der Waals surface area contributed by atoms with Gasteiger partial charge in [0, 0.05) is 19.9 Å². The zero-order valence-corrected chi connectivity index (χ0v) is 20.6. The predicted molar refractivity (Wildman–Crippen MR) is 132 cm³/mol. The number of aromatic nitrogens is 2. The number of amides is 1. The maximum absolute atomic E-state index is 13.3. The van der Waals surface area contributed by atoms with Crippen LogP contribution >= 0.6 is 0 Å². The van der Waals surface area contributed by atoms with E-state index in [1.54, 1.807) is 0 Å². The number of pyridine rings is 1. The number of ketones is 1. The number of carbonyl (C=O) groups excluding carboxylic acids is 2. The first-order valence-corrected chi connectivity index (χ1v) is 11.8. The number of rotatable bonds is 9. The molecule has 8 nitrogen and oxygen atoms in total. The SMILES string of the molecule is CCCCOc1cccc(C2/C(=C(\O)c3nc4c(C)cccn4c3C)C(=O)C(=O)N2CCOC)c1. The third kappa shape index (κ3) is 4.53. The first-order valence-electron chi connectivity index (χ1n) is 11.8. The number of unbranched alkanes of at least 4 members (excludes halogenated alkanes) is 1. The lowest BCUT2D eigenvalue weighted by Crippen LogP contribution is -2.32. The molecule has 1 N–H and O–H groups in total. The van der Waals surface area contributed by atoms with Gasteiger partial charge in [-0.05, 0) is 49.6 Å². The molecule has 0 bridgehead atoms. The summed E-state index contributed by atoms with van der Waals surface area (Å²) in [5.41, 5.74) is 3.27. The van der Waals surface area contributed by atoms with Gasteiger partial charge in [-0.15, -0.1) is 0 Å². The van der Waals surface area contributed by atoms with Crippen LogP contribution in [0.1, 0.15) is 48.3 Å². The minimum atomic E-state index is -0.787. The summed E-state index contributed by atoms with van der Waals surface area (Å²) in [6.45, 7) is 6.87. The summed E-state index contributed by atoms with van der Waals surface area (Å²) < 4.78 is 12.9. The highest BCUT2D eigenvalue weighted by molar-refractivity contribution is 6.46. The van der Waals surface area contributed by atoms with Crippen molar-refractivity contribution in [1.29, 1.82) is 0 Å². The van der Waals surface area contributed by atoms with Gasteiger partial charge >= 0.3 is 0 Å². The quantitative estimate of drug-likeness (QED) is 0.215. The summed E-state index contributed by atoms with van der Waals surface area (Å²) in [6.07, 6.45) is 3.78. The van der Waals surface area contributed by atoms with E-state index in [-0.39, 0.29) is 30.2 Å². The van der Waals surface area contributed by atoms with Crippen molar-refractivity contribution < 1.29 is 24.2 Å². The average molecular weight is 478 g/mol. The van der Waals surface area contributed by atoms with Crippen LogP contribution in [0.5, 0.6) is 5.75 Å². The molecule has 1 unspecified atom stereocenters. The van der Waals surface area contributed by atoms with Crippen molar-refractivity contribution >= 4 is 23.1 Å². The average Bonchev–Trinajstić information content (AvgIpc) is 3.32. The lowest BCUT2D eigenvalue weighted by atomic mass is 9.96. The number of aliphatic hydroxyl groups excluding tert-OH is 1. The fourth-order valence-corrected chi connectivity index (χ4v) is 4.43. The number of methoxy groups -OCH3 is 1. The van der Waals surface area contributed by atoms with Crippen LogP contribution in [0.4, 0.5) is 0 Å². The molecule has 1 amide bonds. The van der Waals surface area contributed by atoms with Crippen LogP contribution in [0.2, 0.25) is 0 Å². The molecule has 0 saturated carbocycles. The van der Waals surface area contributed by atoms with Crippen molar-refractivity contribution in [2.45, 2.75) is 39.7 Å². The fraction of sp³-hybridized carbons (Fsp3) is 0.370. The largest absolute Gasteiger partial charge is 0.505 e. The van der Waals surface area contributed by atoms with Crippen molar-refractivity contribution in [3.63, 3.8) is 0 Å². The number of aryl methyl sites for hydroxylation is 2. The third-order valence-corrected chi connectivity index (χ3v) is 6.33. The Bertz CT molecular complexity index is 1290. The number of aliphatic hydroxyl groups is 1. The van der Waals surface area contributed by atoms with E-state index in [0.29, 0.717) is 29.3 Å². The molecular weight excluding hydrogens is 446 g/mol. The number of benzene rings is 1. The Balaban J connectivity index is 1.86. The molecule has 0 spiro atoms. The summed E-state index contributed by atoms with van der Waals surface area (Å²) in [4.78, 5) is 32.4. The predicted octanol–water partition coefficient (Wildman–Crippen LogP) is 4.20. The zero-order valence-electron chi connectivity index (χ0n) is 20.6. The standard InChI is InChI=1S/C27H31N3O5/c1-5-6-14-35-20-11-7-10-19(16-20)23-21(25(32)27(33)30(23)13-15-34-4)24(31)22-18(3)29-12-8-9-17(2)26(29)28-22/h7-12,16,23,31H,5-6,13-15H2,1-4H3/b24-21+. The van der Waals surface area contributed by atoms with Crippen molar-refractivity contribution in [1.82, 2.24) is 14.3 Å². The molecule has 2 aromatic heterocycles. The molecular formula is C27H31N3O5. The number of Topliss-reactive ketones (excluding diaryl/α,β-unsaturated/α-hetero) is 1. The summed E-state index contributed by atoms with van der Waals surface area (Å²) in [5.74, 6) is -1.06. The van der Waals surface area contributed by atoms with E-state index in [0.717, 1.165) is 18.4 Å². The Kier molecular flexibility index (Phi) is 7.21. The van der Waals surface area contributed by atoms with Gasteiger partial charge in [-0.1, -0.05) is 31.5 Å². The van der Waals surface area contributed by atoms with Crippen LogP contribution in [0.15, 0.2) is 48.2 Å². The first kappa shape index (κ1) is 24.5. The molecule has 1 saturated heterocycles. The van der Waals surface area contributed by atoms with Crippen molar-refractivity contribution in [2.75, 3.05) is 26.9 Å². The molecule has 1 fully saturated rings. The smallest absolute Gasteiger partial charge is 0.295 e.